The fourth-order valence-electron chi connectivity index (χ4n) is 3.12. The quantitative estimate of drug-likeness (QED) is 0.653. The number of methoxy groups -OCH3 is 1. The molecule has 1 aliphatic heterocycles. The molecular formula is C17H20N6O3S. The zero-order valence-corrected chi connectivity index (χ0v) is 16.0. The van der Waals surface area contributed by atoms with Gasteiger partial charge in [-0.1, -0.05) is 0 Å². The topological polar surface area (TPSA) is 95.3 Å². The molecule has 0 aliphatic carbocycles. The monoisotopic (exact) mass is 388 g/mol. The number of fused-ring (bicyclic) bond motifs is 1. The molecule has 1 aromatic carbocycles. The summed E-state index contributed by atoms with van der Waals surface area (Å²) in [5.41, 5.74) is 1.58. The molecule has 142 valence electrons. The number of tetrazole rings is 1. The molecule has 1 amide bonds. The molecule has 3 heterocycles. The predicted octanol–water partition coefficient (Wildman–Crippen LogP) is 1.45. The lowest BCUT2D eigenvalue weighted by atomic mass is 10.1. The van der Waals surface area contributed by atoms with Crippen LogP contribution in [0.1, 0.15) is 27.3 Å². The fraction of sp³-hybridized carbons (Fsp3) is 0.471. The second-order valence-electron chi connectivity index (χ2n) is 6.28. The highest BCUT2D eigenvalue weighted by Crippen LogP contribution is 2.25. The molecule has 0 N–H and O–H groups in total. The maximum Gasteiger partial charge on any atom is 0.254 e. The lowest BCUT2D eigenvalue weighted by Gasteiger charge is -2.32. The normalized spacial score (nSPS) is 17.6. The Morgan fingerprint density at radius 1 is 1.44 bits per heavy atom. The highest BCUT2D eigenvalue weighted by atomic mass is 32.1. The number of rotatable bonds is 5. The molecule has 9 nitrogen and oxygen atoms in total. The Morgan fingerprint density at radius 2 is 2.33 bits per heavy atom. The number of aromatic nitrogens is 5. The van der Waals surface area contributed by atoms with Gasteiger partial charge in [0.1, 0.15) is 6.10 Å². The molecule has 1 fully saturated rings. The Balaban J connectivity index is 1.51. The standard InChI is InChI=1S/C17H20N6O3S/c1-11-18-13-4-3-12(9-15(13)27-11)17(24)22-5-8-26-14(10-22)16-19-20-21-23(16)6-7-25-2/h3-4,9,14H,5-8,10H2,1-2H3. The third-order valence-corrected chi connectivity index (χ3v) is 5.38. The Labute approximate surface area is 159 Å². The molecule has 0 spiro atoms. The number of hydrogen-bond acceptors (Lipinski definition) is 8. The Hall–Kier alpha value is -2.43. The predicted molar refractivity (Wildman–Crippen MR) is 98.6 cm³/mol. The van der Waals surface area contributed by atoms with Crippen LogP contribution in [0.3, 0.4) is 0 Å². The van der Waals surface area contributed by atoms with E-state index < -0.39 is 0 Å². The van der Waals surface area contributed by atoms with Gasteiger partial charge in [0.2, 0.25) is 0 Å². The number of aryl methyl sites for hydroxylation is 1. The van der Waals surface area contributed by atoms with E-state index >= 15 is 0 Å². The third kappa shape index (κ3) is 3.68. The van der Waals surface area contributed by atoms with Crippen molar-refractivity contribution in [2.24, 2.45) is 0 Å². The number of thiazole rings is 1. The van der Waals surface area contributed by atoms with Crippen LogP contribution in [0.15, 0.2) is 18.2 Å². The van der Waals surface area contributed by atoms with E-state index in [1.807, 2.05) is 25.1 Å². The molecule has 1 saturated heterocycles. The van der Waals surface area contributed by atoms with Crippen molar-refractivity contribution in [1.82, 2.24) is 30.1 Å². The highest BCUT2D eigenvalue weighted by Gasteiger charge is 2.30. The van der Waals surface area contributed by atoms with E-state index in [1.54, 1.807) is 28.0 Å². The molecule has 1 atom stereocenters. The van der Waals surface area contributed by atoms with E-state index in [0.717, 1.165) is 15.2 Å². The summed E-state index contributed by atoms with van der Waals surface area (Å²) in [6.07, 6.45) is -0.357. The van der Waals surface area contributed by atoms with Crippen molar-refractivity contribution in [3.05, 3.63) is 34.6 Å². The van der Waals surface area contributed by atoms with E-state index in [2.05, 4.69) is 20.5 Å². The maximum absolute atomic E-state index is 13.0. The first-order valence-corrected chi connectivity index (χ1v) is 9.50. The van der Waals surface area contributed by atoms with Crippen LogP contribution >= 0.6 is 11.3 Å². The molecule has 2 aromatic heterocycles. The molecular weight excluding hydrogens is 368 g/mol. The van der Waals surface area contributed by atoms with E-state index in [4.69, 9.17) is 9.47 Å². The van der Waals surface area contributed by atoms with Crippen LogP contribution < -0.4 is 0 Å². The van der Waals surface area contributed by atoms with Gasteiger partial charge in [-0.25, -0.2) is 9.67 Å². The smallest absolute Gasteiger partial charge is 0.254 e. The number of benzene rings is 1. The van der Waals surface area contributed by atoms with Crippen LogP contribution in [0.25, 0.3) is 10.2 Å². The van der Waals surface area contributed by atoms with Crippen molar-refractivity contribution in [2.45, 2.75) is 19.6 Å². The zero-order valence-electron chi connectivity index (χ0n) is 15.2. The second kappa shape index (κ2) is 7.67. The van der Waals surface area contributed by atoms with Crippen molar-refractivity contribution in [3.63, 3.8) is 0 Å². The highest BCUT2D eigenvalue weighted by molar-refractivity contribution is 7.18. The van der Waals surface area contributed by atoms with Gasteiger partial charge in [0.15, 0.2) is 5.82 Å². The first-order chi connectivity index (χ1) is 13.2. The summed E-state index contributed by atoms with van der Waals surface area (Å²) in [6, 6.07) is 5.64. The maximum atomic E-state index is 13.0. The minimum atomic E-state index is -0.357. The van der Waals surface area contributed by atoms with Gasteiger partial charge in [0, 0.05) is 19.2 Å². The summed E-state index contributed by atoms with van der Waals surface area (Å²) in [5.74, 6) is 0.588. The van der Waals surface area contributed by atoms with Crippen molar-refractivity contribution < 1.29 is 14.3 Å². The van der Waals surface area contributed by atoms with Gasteiger partial charge in [0.25, 0.3) is 5.91 Å². The Bertz CT molecular complexity index is 955. The van der Waals surface area contributed by atoms with Gasteiger partial charge in [-0.2, -0.15) is 0 Å². The SMILES string of the molecule is COCCn1nnnc1C1CN(C(=O)c2ccc3nc(C)sc3c2)CCO1. The van der Waals surface area contributed by atoms with Crippen molar-refractivity contribution >= 4 is 27.5 Å². The molecule has 1 aliphatic rings. The Kier molecular flexibility index (Phi) is 5.10. The molecule has 10 heteroatoms. The Morgan fingerprint density at radius 3 is 3.19 bits per heavy atom. The van der Waals surface area contributed by atoms with Crippen LogP contribution in [0, 0.1) is 6.92 Å². The van der Waals surface area contributed by atoms with Crippen molar-refractivity contribution in [2.75, 3.05) is 33.4 Å². The molecule has 4 rings (SSSR count). The molecule has 0 radical (unpaired) electrons. The van der Waals surface area contributed by atoms with E-state index in [9.17, 15) is 4.79 Å². The number of nitrogens with zero attached hydrogens (tertiary/aromatic N) is 6. The zero-order chi connectivity index (χ0) is 18.8. The third-order valence-electron chi connectivity index (χ3n) is 4.45. The molecule has 27 heavy (non-hydrogen) atoms. The number of ether oxygens (including phenoxy) is 2. The minimum Gasteiger partial charge on any atom is -0.383 e. The number of carbonyl (C=O) groups is 1. The van der Waals surface area contributed by atoms with Gasteiger partial charge < -0.3 is 14.4 Å². The van der Waals surface area contributed by atoms with Gasteiger partial charge in [-0.3, -0.25) is 4.79 Å². The van der Waals surface area contributed by atoms with Crippen LogP contribution in [-0.2, 0) is 16.0 Å². The lowest BCUT2D eigenvalue weighted by Crippen LogP contribution is -2.43. The van der Waals surface area contributed by atoms with Gasteiger partial charge in [0.05, 0.1) is 41.5 Å². The van der Waals surface area contributed by atoms with Crippen LogP contribution in [0.4, 0.5) is 0 Å². The lowest BCUT2D eigenvalue weighted by molar-refractivity contribution is -0.0292. The first kappa shape index (κ1) is 18.0. The summed E-state index contributed by atoms with van der Waals surface area (Å²) in [6.45, 7) is 4.39. The number of amides is 1. The van der Waals surface area contributed by atoms with E-state index in [1.165, 1.54) is 0 Å². The number of carbonyl (C=O) groups excluding carboxylic acids is 1. The molecule has 1 unspecified atom stereocenters. The summed E-state index contributed by atoms with van der Waals surface area (Å²) < 4.78 is 13.6. The molecule has 3 aromatic rings. The average molecular weight is 388 g/mol. The molecule has 0 bridgehead atoms. The summed E-state index contributed by atoms with van der Waals surface area (Å²) in [5, 5.41) is 12.8. The van der Waals surface area contributed by atoms with Crippen LogP contribution in [0.5, 0.6) is 0 Å². The summed E-state index contributed by atoms with van der Waals surface area (Å²) in [4.78, 5) is 19.2. The average Bonchev–Trinajstić information content (AvgIpc) is 3.30. The minimum absolute atomic E-state index is 0.0211. The van der Waals surface area contributed by atoms with Crippen LogP contribution in [0.2, 0.25) is 0 Å². The van der Waals surface area contributed by atoms with Gasteiger partial charge in [-0.05, 0) is 35.5 Å². The van der Waals surface area contributed by atoms with E-state index in [-0.39, 0.29) is 12.0 Å². The van der Waals surface area contributed by atoms with Gasteiger partial charge in [-0.15, -0.1) is 16.4 Å². The largest absolute Gasteiger partial charge is 0.383 e. The number of hydrogen-bond donors (Lipinski definition) is 0. The van der Waals surface area contributed by atoms with Gasteiger partial charge >= 0.3 is 0 Å². The summed E-state index contributed by atoms with van der Waals surface area (Å²) in [7, 11) is 1.63. The fourth-order valence-corrected chi connectivity index (χ4v) is 3.99. The van der Waals surface area contributed by atoms with Crippen molar-refractivity contribution in [3.8, 4) is 0 Å². The first-order valence-electron chi connectivity index (χ1n) is 8.69. The number of morpholine rings is 1. The second-order valence-corrected chi connectivity index (χ2v) is 7.51. The van der Waals surface area contributed by atoms with Crippen molar-refractivity contribution in [1.29, 1.82) is 0 Å². The molecule has 0 saturated carbocycles. The van der Waals surface area contributed by atoms with Crippen LogP contribution in [-0.4, -0.2) is 69.4 Å². The summed E-state index contributed by atoms with van der Waals surface area (Å²) >= 11 is 1.59. The van der Waals surface area contributed by atoms with E-state index in [0.29, 0.717) is 44.2 Å².